The van der Waals surface area contributed by atoms with E-state index in [1.165, 1.54) is 26.2 Å². The highest BCUT2D eigenvalue weighted by atomic mass is 35.5. The zero-order valence-electron chi connectivity index (χ0n) is 21.3. The van der Waals surface area contributed by atoms with Gasteiger partial charge in [-0.05, 0) is 42.3 Å². The predicted octanol–water partition coefficient (Wildman–Crippen LogP) is 7.04. The van der Waals surface area contributed by atoms with Crippen molar-refractivity contribution in [2.75, 3.05) is 26.2 Å². The molecule has 0 aliphatic carbocycles. The number of β-lactam (4-membered cyclic amide) rings is 1. The molecule has 2 aliphatic rings. The average molecular weight is 645 g/mol. The van der Waals surface area contributed by atoms with E-state index in [2.05, 4.69) is 0 Å². The van der Waals surface area contributed by atoms with Crippen LogP contribution in [0.2, 0.25) is 25.1 Å². The molecule has 0 N–H and O–H groups in total. The summed E-state index contributed by atoms with van der Waals surface area (Å²) in [5, 5.41) is -0.379. The molecule has 2 atom stereocenters. The Morgan fingerprint density at radius 2 is 1.20 bits per heavy atom. The lowest BCUT2D eigenvalue weighted by Crippen LogP contribution is -2.67. The number of methoxy groups -OCH3 is 3. The number of fused-ring (bicyclic) bond motifs is 1. The number of aryl methyl sites for hydroxylation is 1. The van der Waals surface area contributed by atoms with Gasteiger partial charge in [0.1, 0.15) is 6.04 Å². The lowest BCUT2D eigenvalue weighted by Gasteiger charge is -2.50. The highest BCUT2D eigenvalue weighted by Gasteiger charge is 2.58. The van der Waals surface area contributed by atoms with Gasteiger partial charge in [0.05, 0.1) is 58.6 Å². The Morgan fingerprint density at radius 3 is 1.65 bits per heavy atom. The molecule has 40 heavy (non-hydrogen) atoms. The molecule has 3 aromatic rings. The van der Waals surface area contributed by atoms with Gasteiger partial charge in [0.15, 0.2) is 11.5 Å². The van der Waals surface area contributed by atoms with E-state index in [1.807, 2.05) is 6.92 Å². The Morgan fingerprint density at radius 1 is 0.675 bits per heavy atom. The Labute approximate surface area is 254 Å². The molecule has 208 valence electrons. The zero-order valence-corrected chi connectivity index (χ0v) is 25.1. The number of ether oxygens (including phenoxy) is 3. The van der Waals surface area contributed by atoms with E-state index in [-0.39, 0.29) is 31.2 Å². The summed E-state index contributed by atoms with van der Waals surface area (Å²) in [5.41, 5.74) is 1.30. The first-order chi connectivity index (χ1) is 19.0. The first-order valence-corrected chi connectivity index (χ1v) is 13.5. The van der Waals surface area contributed by atoms with Gasteiger partial charge in [0.2, 0.25) is 5.75 Å². The summed E-state index contributed by atoms with van der Waals surface area (Å²) in [6.45, 7) is 1.83. The normalized spacial score (nSPS) is 18.2. The number of anilines is 1. The maximum atomic E-state index is 13.8. The van der Waals surface area contributed by atoms with E-state index in [9.17, 15) is 14.4 Å². The third-order valence-corrected chi connectivity index (χ3v) is 9.15. The minimum absolute atomic E-state index is 0.174. The summed E-state index contributed by atoms with van der Waals surface area (Å²) in [6, 6.07) is 6.21. The molecule has 3 amide bonds. The lowest BCUT2D eigenvalue weighted by atomic mass is 9.85. The van der Waals surface area contributed by atoms with E-state index < -0.39 is 29.8 Å². The minimum Gasteiger partial charge on any atom is -0.493 e. The topological polar surface area (TPSA) is 85.4 Å². The minimum atomic E-state index is -1.29. The molecule has 0 radical (unpaired) electrons. The van der Waals surface area contributed by atoms with Crippen molar-refractivity contribution in [2.45, 2.75) is 19.0 Å². The van der Waals surface area contributed by atoms with Crippen molar-refractivity contribution in [3.05, 3.63) is 77.7 Å². The molecule has 0 unspecified atom stereocenters. The van der Waals surface area contributed by atoms with Crippen LogP contribution in [0, 0.1) is 6.92 Å². The molecule has 2 aliphatic heterocycles. The van der Waals surface area contributed by atoms with E-state index in [1.54, 1.807) is 30.3 Å². The fourth-order valence-electron chi connectivity index (χ4n) is 4.97. The van der Waals surface area contributed by atoms with Crippen molar-refractivity contribution < 1.29 is 28.6 Å². The Kier molecular flexibility index (Phi) is 7.52. The van der Waals surface area contributed by atoms with Gasteiger partial charge in [-0.15, -0.1) is 0 Å². The van der Waals surface area contributed by atoms with Crippen LogP contribution >= 0.6 is 58.0 Å². The molecule has 1 saturated heterocycles. The number of imide groups is 1. The molecule has 0 saturated carbocycles. The molecule has 8 nitrogen and oxygen atoms in total. The number of amides is 3. The fourth-order valence-corrected chi connectivity index (χ4v) is 6.16. The quantitative estimate of drug-likeness (QED) is 0.124. The number of hydrogen-bond donors (Lipinski definition) is 0. The van der Waals surface area contributed by atoms with Crippen LogP contribution in [-0.2, 0) is 4.79 Å². The predicted molar refractivity (Wildman–Crippen MR) is 153 cm³/mol. The van der Waals surface area contributed by atoms with Crippen LogP contribution in [0.4, 0.5) is 5.69 Å². The van der Waals surface area contributed by atoms with Crippen molar-refractivity contribution in [3.63, 3.8) is 0 Å². The molecule has 2 heterocycles. The van der Waals surface area contributed by atoms with Gasteiger partial charge in [-0.25, -0.2) is 0 Å². The van der Waals surface area contributed by atoms with Gasteiger partial charge in [0.25, 0.3) is 17.7 Å². The van der Waals surface area contributed by atoms with Crippen molar-refractivity contribution >= 4 is 81.4 Å². The maximum Gasteiger partial charge on any atom is 0.264 e. The summed E-state index contributed by atoms with van der Waals surface area (Å²) >= 11 is 31.4. The third kappa shape index (κ3) is 4.08. The molecule has 1 fully saturated rings. The van der Waals surface area contributed by atoms with E-state index in [0.29, 0.717) is 33.5 Å². The van der Waals surface area contributed by atoms with E-state index >= 15 is 0 Å². The van der Waals surface area contributed by atoms with Crippen LogP contribution in [0.15, 0.2) is 30.3 Å². The number of carbonyl (C=O) groups is 3. The first-order valence-electron chi connectivity index (χ1n) is 11.6. The third-order valence-electron chi connectivity index (χ3n) is 6.94. The Balaban J connectivity index is 1.70. The molecule has 0 aromatic heterocycles. The average Bonchev–Trinajstić information content (AvgIpc) is 3.19. The smallest absolute Gasteiger partial charge is 0.264 e. The van der Waals surface area contributed by atoms with Gasteiger partial charge in [-0.3, -0.25) is 19.3 Å². The molecule has 0 bridgehead atoms. The number of nitrogens with zero attached hydrogens (tertiary/aromatic N) is 2. The fraction of sp³-hybridized carbons (Fsp3) is 0.222. The largest absolute Gasteiger partial charge is 0.493 e. The van der Waals surface area contributed by atoms with Crippen LogP contribution < -0.4 is 19.1 Å². The second-order valence-corrected chi connectivity index (χ2v) is 10.9. The van der Waals surface area contributed by atoms with E-state index in [4.69, 9.17) is 72.2 Å². The second-order valence-electron chi connectivity index (χ2n) is 8.98. The van der Waals surface area contributed by atoms with Crippen LogP contribution in [-0.4, -0.2) is 50.0 Å². The first kappa shape index (κ1) is 28.6. The number of benzene rings is 3. The second kappa shape index (κ2) is 10.5. The summed E-state index contributed by atoms with van der Waals surface area (Å²) < 4.78 is 16.5. The molecule has 5 rings (SSSR count). The Bertz CT molecular complexity index is 1560. The highest BCUT2D eigenvalue weighted by molar-refractivity contribution is 6.55. The molecular weight excluding hydrogens is 626 g/mol. The number of carbonyl (C=O) groups excluding carboxylic acids is 3. The Hall–Kier alpha value is -2.88. The molecule has 13 heteroatoms. The summed E-state index contributed by atoms with van der Waals surface area (Å²) in [7, 11) is 4.35. The highest BCUT2D eigenvalue weighted by Crippen LogP contribution is 2.51. The monoisotopic (exact) mass is 642 g/mol. The van der Waals surface area contributed by atoms with Crippen molar-refractivity contribution in [1.82, 2.24) is 4.90 Å². The summed E-state index contributed by atoms with van der Waals surface area (Å²) in [4.78, 5) is 43.5. The molecule has 0 spiro atoms. The van der Waals surface area contributed by atoms with Crippen molar-refractivity contribution in [1.29, 1.82) is 0 Å². The van der Waals surface area contributed by atoms with Gasteiger partial charge in [-0.2, -0.15) is 0 Å². The summed E-state index contributed by atoms with van der Waals surface area (Å²) in [5.74, 6) is -1.26. The summed E-state index contributed by atoms with van der Waals surface area (Å²) in [6.07, 6.45) is 0. The number of rotatable bonds is 6. The van der Waals surface area contributed by atoms with Crippen molar-refractivity contribution in [2.24, 2.45) is 0 Å². The maximum absolute atomic E-state index is 13.8. The molecular formula is C27H19Cl5N2O6. The van der Waals surface area contributed by atoms with Crippen LogP contribution in [0.3, 0.4) is 0 Å². The van der Waals surface area contributed by atoms with Crippen molar-refractivity contribution in [3.8, 4) is 17.2 Å². The zero-order chi connectivity index (χ0) is 29.2. The molecule has 3 aromatic carbocycles. The van der Waals surface area contributed by atoms with Gasteiger partial charge < -0.3 is 19.1 Å². The SMILES string of the molecule is COc1cc([C@H]2[C@@H](N3C(=O)c4c(Cl)c(Cl)c(Cl)c(Cl)c4C3=O)C(=O)N2c2ccc(C)c(Cl)c2)cc(OC)c1OC. The lowest BCUT2D eigenvalue weighted by molar-refractivity contribution is -0.130. The number of halogens is 5. The van der Waals surface area contributed by atoms with Crippen LogP contribution in [0.5, 0.6) is 17.2 Å². The standard InChI is InChI=1S/C27H19Cl5N2O6/c1-10-5-6-12(9-13(10)28)33-22(11-7-14(38-2)24(40-4)15(8-11)39-3)23(27(33)37)34-25(35)16-17(26(34)36)19(30)21(32)20(31)18(16)29/h5-9,22-23H,1-4H3/t22-,23+/m0/s1. The number of hydrogen-bond acceptors (Lipinski definition) is 6. The van der Waals surface area contributed by atoms with Crippen LogP contribution in [0.25, 0.3) is 0 Å². The van der Waals surface area contributed by atoms with Gasteiger partial charge >= 0.3 is 0 Å². The van der Waals surface area contributed by atoms with Gasteiger partial charge in [-0.1, -0.05) is 64.1 Å². The van der Waals surface area contributed by atoms with Crippen LogP contribution in [0.1, 0.15) is 37.9 Å². The van der Waals surface area contributed by atoms with Gasteiger partial charge in [0, 0.05) is 10.7 Å². The van der Waals surface area contributed by atoms with E-state index in [0.717, 1.165) is 10.5 Å².